The van der Waals surface area contributed by atoms with E-state index in [0.29, 0.717) is 6.42 Å². The van der Waals surface area contributed by atoms with Crippen molar-refractivity contribution in [2.24, 2.45) is 0 Å². The van der Waals surface area contributed by atoms with Crippen LogP contribution in [-0.4, -0.2) is 36.0 Å². The van der Waals surface area contributed by atoms with Gasteiger partial charge in [-0.1, -0.05) is 6.92 Å². The average molecular weight is 208 g/mol. The molecule has 0 saturated heterocycles. The number of hydrogen-bond donors (Lipinski definition) is 2. The maximum absolute atomic E-state index is 9.60. The molecule has 0 aliphatic heterocycles. The van der Waals surface area contributed by atoms with Gasteiger partial charge in [0.25, 0.3) is 0 Å². The lowest BCUT2D eigenvalue weighted by atomic mass is 10.4. The van der Waals surface area contributed by atoms with Gasteiger partial charge in [-0.05, 0) is 27.2 Å². The van der Waals surface area contributed by atoms with E-state index in [9.17, 15) is 4.79 Å². The molecule has 0 amide bonds. The fraction of sp³-hybridized carbons (Fsp3) is 0.900. The van der Waals surface area contributed by atoms with Gasteiger partial charge in [0.15, 0.2) is 0 Å². The number of aliphatic hydroxyl groups excluding tert-OH is 1. The zero-order valence-corrected chi connectivity index (χ0v) is 9.75. The third-order valence-electron chi connectivity index (χ3n) is 0.872. The number of carbonyl (C=O) groups is 1. The summed E-state index contributed by atoms with van der Waals surface area (Å²) in [6, 6.07) is 0. The van der Waals surface area contributed by atoms with E-state index in [1.165, 1.54) is 0 Å². The Hall–Kier alpha value is -0.610. The molecule has 0 bridgehead atoms. The van der Waals surface area contributed by atoms with E-state index in [1.807, 2.05) is 20.8 Å². The first-order valence-corrected chi connectivity index (χ1v) is 5.00. The molecule has 0 radical (unpaired) electrons. The minimum absolute atomic E-state index is 0.250. The fourth-order valence-corrected chi connectivity index (χ4v) is 0.418. The molecule has 0 fully saturated rings. The van der Waals surface area contributed by atoms with Gasteiger partial charge in [0, 0.05) is 26.2 Å². The van der Waals surface area contributed by atoms with Gasteiger partial charge in [-0.2, -0.15) is 0 Å². The highest BCUT2D eigenvalue weighted by Gasteiger charge is 1.87. The summed E-state index contributed by atoms with van der Waals surface area (Å²) < 4.78 is 4.83. The molecule has 0 spiro atoms. The smallest absolute Gasteiger partial charge is 0.303 e. The summed E-state index contributed by atoms with van der Waals surface area (Å²) in [6.45, 7) is 9.44. The highest BCUT2D eigenvalue weighted by atomic mass is 16.5. The standard InChI is InChI=1S/C4H8O2.C4H10O.C2H6O/c1-2-3-4(5)6;1-3-5-4-2;1-2-3/h2-3H2,1H3,(H,5,6);3-4H2,1-2H3;3H,2H2,1H3. The Morgan fingerprint density at radius 2 is 1.50 bits per heavy atom. The van der Waals surface area contributed by atoms with Crippen LogP contribution >= 0.6 is 0 Å². The zero-order chi connectivity index (χ0) is 11.8. The maximum atomic E-state index is 9.60. The normalized spacial score (nSPS) is 7.79. The van der Waals surface area contributed by atoms with Crippen LogP contribution in [0.5, 0.6) is 0 Å². The monoisotopic (exact) mass is 208 g/mol. The Morgan fingerprint density at radius 1 is 1.14 bits per heavy atom. The van der Waals surface area contributed by atoms with Crippen molar-refractivity contribution in [2.75, 3.05) is 19.8 Å². The lowest BCUT2D eigenvalue weighted by molar-refractivity contribution is -0.137. The number of aliphatic carboxylic acids is 1. The Morgan fingerprint density at radius 3 is 1.50 bits per heavy atom. The lowest BCUT2D eigenvalue weighted by Crippen LogP contribution is -1.90. The highest BCUT2D eigenvalue weighted by Crippen LogP contribution is 1.82. The topological polar surface area (TPSA) is 66.8 Å². The minimum Gasteiger partial charge on any atom is -0.481 e. The van der Waals surface area contributed by atoms with Crippen LogP contribution in [0.1, 0.15) is 40.5 Å². The molecule has 4 nitrogen and oxygen atoms in total. The van der Waals surface area contributed by atoms with E-state index in [1.54, 1.807) is 6.92 Å². The second-order valence-electron chi connectivity index (χ2n) is 2.24. The van der Waals surface area contributed by atoms with Crippen LogP contribution in [0.25, 0.3) is 0 Å². The predicted octanol–water partition coefficient (Wildman–Crippen LogP) is 1.91. The average Bonchev–Trinajstić information content (AvgIpc) is 2.07. The van der Waals surface area contributed by atoms with Crippen LogP contribution < -0.4 is 0 Å². The fourth-order valence-electron chi connectivity index (χ4n) is 0.418. The summed E-state index contributed by atoms with van der Waals surface area (Å²) in [4.78, 5) is 9.60. The molecule has 0 aliphatic carbocycles. The summed E-state index contributed by atoms with van der Waals surface area (Å²) in [5.41, 5.74) is 0. The molecule has 0 aromatic carbocycles. The number of hydrogen-bond acceptors (Lipinski definition) is 3. The van der Waals surface area contributed by atoms with E-state index >= 15 is 0 Å². The van der Waals surface area contributed by atoms with Crippen molar-refractivity contribution in [3.8, 4) is 0 Å². The largest absolute Gasteiger partial charge is 0.481 e. The number of carboxylic acid groups (broad SMARTS) is 1. The summed E-state index contributed by atoms with van der Waals surface area (Å²) in [6.07, 6.45) is 1.02. The van der Waals surface area contributed by atoms with Crippen LogP contribution in [0.4, 0.5) is 0 Å². The van der Waals surface area contributed by atoms with Crippen molar-refractivity contribution in [2.45, 2.75) is 40.5 Å². The molecule has 0 heterocycles. The van der Waals surface area contributed by atoms with E-state index in [0.717, 1.165) is 19.6 Å². The van der Waals surface area contributed by atoms with Gasteiger partial charge in [-0.3, -0.25) is 4.79 Å². The summed E-state index contributed by atoms with van der Waals surface area (Å²) in [5.74, 6) is -0.711. The van der Waals surface area contributed by atoms with Gasteiger partial charge >= 0.3 is 5.97 Å². The van der Waals surface area contributed by atoms with Gasteiger partial charge in [-0.25, -0.2) is 0 Å². The van der Waals surface area contributed by atoms with Gasteiger partial charge in [0.05, 0.1) is 0 Å². The van der Waals surface area contributed by atoms with Gasteiger partial charge in [0.1, 0.15) is 0 Å². The lowest BCUT2D eigenvalue weighted by Gasteiger charge is -1.86. The third kappa shape index (κ3) is 63.8. The summed E-state index contributed by atoms with van der Waals surface area (Å²) >= 11 is 0. The van der Waals surface area contributed by atoms with E-state index in [4.69, 9.17) is 14.9 Å². The zero-order valence-electron chi connectivity index (χ0n) is 9.75. The van der Waals surface area contributed by atoms with Crippen LogP contribution in [0.15, 0.2) is 0 Å². The molecular weight excluding hydrogens is 184 g/mol. The Labute approximate surface area is 86.9 Å². The second kappa shape index (κ2) is 22.8. The summed E-state index contributed by atoms with van der Waals surface area (Å²) in [5, 5.41) is 15.5. The van der Waals surface area contributed by atoms with Crippen LogP contribution in [0.2, 0.25) is 0 Å². The summed E-state index contributed by atoms with van der Waals surface area (Å²) in [7, 11) is 0. The van der Waals surface area contributed by atoms with Gasteiger partial charge in [-0.15, -0.1) is 0 Å². The molecule has 0 aromatic rings. The molecule has 0 atom stereocenters. The number of rotatable bonds is 4. The molecule has 2 N–H and O–H groups in total. The SMILES string of the molecule is CCCC(=O)O.CCO.CCOCC. The van der Waals surface area contributed by atoms with Crippen molar-refractivity contribution in [1.82, 2.24) is 0 Å². The quantitative estimate of drug-likeness (QED) is 0.740. The number of aliphatic hydroxyl groups is 1. The molecular formula is C10H24O4. The Kier molecular flexibility index (Phi) is 31.1. The van der Waals surface area contributed by atoms with Crippen LogP contribution in [0.3, 0.4) is 0 Å². The second-order valence-corrected chi connectivity index (χ2v) is 2.24. The van der Waals surface area contributed by atoms with Crippen molar-refractivity contribution < 1.29 is 19.7 Å². The Bertz CT molecular complexity index is 92.1. The first kappa shape index (κ1) is 19.0. The highest BCUT2D eigenvalue weighted by molar-refractivity contribution is 5.66. The van der Waals surface area contributed by atoms with E-state index in [2.05, 4.69) is 0 Å². The van der Waals surface area contributed by atoms with Crippen LogP contribution in [0, 0.1) is 0 Å². The van der Waals surface area contributed by atoms with Crippen LogP contribution in [-0.2, 0) is 9.53 Å². The van der Waals surface area contributed by atoms with E-state index in [-0.39, 0.29) is 6.61 Å². The van der Waals surface area contributed by atoms with Gasteiger partial charge in [0.2, 0.25) is 0 Å². The first-order chi connectivity index (χ1) is 6.60. The Balaban J connectivity index is -0.000000138. The molecule has 0 aliphatic rings. The first-order valence-electron chi connectivity index (χ1n) is 5.00. The van der Waals surface area contributed by atoms with Crippen molar-refractivity contribution in [3.63, 3.8) is 0 Å². The predicted molar refractivity (Wildman–Crippen MR) is 57.5 cm³/mol. The molecule has 88 valence electrons. The van der Waals surface area contributed by atoms with E-state index < -0.39 is 5.97 Å². The molecule has 0 rings (SSSR count). The molecule has 0 unspecified atom stereocenters. The van der Waals surface area contributed by atoms with Crippen molar-refractivity contribution >= 4 is 5.97 Å². The van der Waals surface area contributed by atoms with Gasteiger partial charge < -0.3 is 14.9 Å². The number of ether oxygens (including phenoxy) is 1. The number of carboxylic acids is 1. The molecule has 0 saturated carbocycles. The molecule has 0 aromatic heterocycles. The van der Waals surface area contributed by atoms with Crippen molar-refractivity contribution in [3.05, 3.63) is 0 Å². The molecule has 4 heteroatoms. The maximum Gasteiger partial charge on any atom is 0.303 e. The molecule has 14 heavy (non-hydrogen) atoms. The third-order valence-corrected chi connectivity index (χ3v) is 0.872. The van der Waals surface area contributed by atoms with Crippen molar-refractivity contribution in [1.29, 1.82) is 0 Å². The minimum atomic E-state index is -0.711.